The average molecular weight is 308 g/mol. The maximum atomic E-state index is 5.77. The summed E-state index contributed by atoms with van der Waals surface area (Å²) < 4.78 is 3.18. The quantitative estimate of drug-likeness (QED) is 0.879. The van der Waals surface area contributed by atoms with Crippen LogP contribution in [0.3, 0.4) is 0 Å². The third kappa shape index (κ3) is 2.93. The van der Waals surface area contributed by atoms with Gasteiger partial charge in [0.15, 0.2) is 0 Å². The Morgan fingerprint density at radius 2 is 2.11 bits per heavy atom. The lowest BCUT2D eigenvalue weighted by atomic mass is 10.1. The van der Waals surface area contributed by atoms with E-state index in [1.165, 1.54) is 11.3 Å². The second kappa shape index (κ2) is 5.57. The molecule has 96 valence electrons. The molecule has 1 aromatic heterocycles. The molecule has 0 amide bonds. The molecule has 0 saturated carbocycles. The summed E-state index contributed by atoms with van der Waals surface area (Å²) in [5, 5.41) is 4.50. The van der Waals surface area contributed by atoms with Crippen molar-refractivity contribution in [1.29, 1.82) is 0 Å². The van der Waals surface area contributed by atoms with Gasteiger partial charge in [-0.05, 0) is 60.3 Å². The van der Waals surface area contributed by atoms with Crippen LogP contribution < -0.4 is 5.73 Å². The summed E-state index contributed by atoms with van der Waals surface area (Å²) in [6.45, 7) is 5.04. The minimum absolute atomic E-state index is 0.835. The second-order valence-corrected chi connectivity index (χ2v) is 5.35. The van der Waals surface area contributed by atoms with Crippen molar-refractivity contribution in [3.05, 3.63) is 45.7 Å². The van der Waals surface area contributed by atoms with E-state index in [2.05, 4.69) is 38.7 Å². The number of nitrogen functional groups attached to an aromatic ring is 1. The summed E-state index contributed by atoms with van der Waals surface area (Å²) >= 11 is 3.55. The standard InChI is InChI=1S/C14H18BrN3/c1-10-14(15)11(2)18(17-10)8-4-6-12-5-3-7-13(16)9-12/h3,5,7,9H,4,6,8,16H2,1-2H3. The van der Waals surface area contributed by atoms with Gasteiger partial charge in [0, 0.05) is 17.9 Å². The molecule has 0 fully saturated rings. The number of aryl methyl sites for hydroxylation is 3. The molecule has 2 aromatic rings. The predicted octanol–water partition coefficient (Wildman–Crippen LogP) is 3.48. The molecule has 0 radical (unpaired) electrons. The highest BCUT2D eigenvalue weighted by atomic mass is 79.9. The van der Waals surface area contributed by atoms with E-state index in [1.807, 2.05) is 25.1 Å². The SMILES string of the molecule is Cc1nn(CCCc2cccc(N)c2)c(C)c1Br. The van der Waals surface area contributed by atoms with Crippen molar-refractivity contribution in [3.8, 4) is 0 Å². The average Bonchev–Trinajstić information content (AvgIpc) is 2.57. The number of rotatable bonds is 4. The van der Waals surface area contributed by atoms with Crippen LogP contribution in [0.5, 0.6) is 0 Å². The first-order valence-electron chi connectivity index (χ1n) is 6.12. The summed E-state index contributed by atoms with van der Waals surface area (Å²) in [6, 6.07) is 8.08. The first kappa shape index (κ1) is 13.1. The summed E-state index contributed by atoms with van der Waals surface area (Å²) in [5.41, 5.74) is 10.1. The van der Waals surface area contributed by atoms with Gasteiger partial charge in [-0.15, -0.1) is 0 Å². The van der Waals surface area contributed by atoms with E-state index in [-0.39, 0.29) is 0 Å². The fourth-order valence-corrected chi connectivity index (χ4v) is 2.36. The fraction of sp³-hybridized carbons (Fsp3) is 0.357. The highest BCUT2D eigenvalue weighted by Crippen LogP contribution is 2.20. The van der Waals surface area contributed by atoms with Crippen molar-refractivity contribution >= 4 is 21.6 Å². The van der Waals surface area contributed by atoms with Gasteiger partial charge >= 0.3 is 0 Å². The zero-order valence-electron chi connectivity index (χ0n) is 10.8. The van der Waals surface area contributed by atoms with Crippen molar-refractivity contribution in [2.75, 3.05) is 5.73 Å². The van der Waals surface area contributed by atoms with Gasteiger partial charge in [-0.2, -0.15) is 5.10 Å². The number of hydrogen-bond acceptors (Lipinski definition) is 2. The summed E-state index contributed by atoms with van der Waals surface area (Å²) in [7, 11) is 0. The van der Waals surface area contributed by atoms with Gasteiger partial charge in [0.1, 0.15) is 0 Å². The minimum atomic E-state index is 0.835. The Balaban J connectivity index is 1.94. The Hall–Kier alpha value is -1.29. The van der Waals surface area contributed by atoms with Gasteiger partial charge in [0.2, 0.25) is 0 Å². The maximum absolute atomic E-state index is 5.77. The Morgan fingerprint density at radius 3 is 2.72 bits per heavy atom. The molecule has 0 aliphatic carbocycles. The molecule has 3 nitrogen and oxygen atoms in total. The Bertz CT molecular complexity index is 546. The Labute approximate surface area is 116 Å². The molecule has 0 atom stereocenters. The molecule has 4 heteroatoms. The molecular formula is C14H18BrN3. The number of hydrogen-bond donors (Lipinski definition) is 1. The minimum Gasteiger partial charge on any atom is -0.399 e. The van der Waals surface area contributed by atoms with Gasteiger partial charge in [0.25, 0.3) is 0 Å². The molecule has 0 unspecified atom stereocenters. The van der Waals surface area contributed by atoms with Gasteiger partial charge in [0.05, 0.1) is 10.2 Å². The molecular weight excluding hydrogens is 290 g/mol. The van der Waals surface area contributed by atoms with Crippen LogP contribution in [0, 0.1) is 13.8 Å². The monoisotopic (exact) mass is 307 g/mol. The number of halogens is 1. The third-order valence-electron chi connectivity index (χ3n) is 3.08. The van der Waals surface area contributed by atoms with Gasteiger partial charge in [-0.25, -0.2) is 0 Å². The molecule has 1 aromatic carbocycles. The summed E-state index contributed by atoms with van der Waals surface area (Å²) in [6.07, 6.45) is 2.10. The summed E-state index contributed by atoms with van der Waals surface area (Å²) in [5.74, 6) is 0. The first-order valence-corrected chi connectivity index (χ1v) is 6.91. The second-order valence-electron chi connectivity index (χ2n) is 4.56. The largest absolute Gasteiger partial charge is 0.399 e. The molecule has 1 heterocycles. The van der Waals surface area contributed by atoms with Crippen molar-refractivity contribution in [2.24, 2.45) is 0 Å². The zero-order chi connectivity index (χ0) is 13.1. The highest BCUT2D eigenvalue weighted by molar-refractivity contribution is 9.10. The van der Waals surface area contributed by atoms with Crippen LogP contribution in [-0.4, -0.2) is 9.78 Å². The Kier molecular flexibility index (Phi) is 4.07. The van der Waals surface area contributed by atoms with E-state index in [0.29, 0.717) is 0 Å². The first-order chi connectivity index (χ1) is 8.58. The predicted molar refractivity (Wildman–Crippen MR) is 78.6 cm³/mol. The van der Waals surface area contributed by atoms with Crippen LogP contribution in [0.15, 0.2) is 28.7 Å². The third-order valence-corrected chi connectivity index (χ3v) is 4.23. The van der Waals surface area contributed by atoms with Crippen LogP contribution in [0.25, 0.3) is 0 Å². The normalized spacial score (nSPS) is 10.8. The van der Waals surface area contributed by atoms with E-state index < -0.39 is 0 Å². The smallest absolute Gasteiger partial charge is 0.0738 e. The Morgan fingerprint density at radius 1 is 1.33 bits per heavy atom. The zero-order valence-corrected chi connectivity index (χ0v) is 12.4. The number of benzene rings is 1. The molecule has 0 saturated heterocycles. The van der Waals surface area contributed by atoms with Crippen molar-refractivity contribution in [2.45, 2.75) is 33.2 Å². The van der Waals surface area contributed by atoms with Crippen LogP contribution in [-0.2, 0) is 13.0 Å². The molecule has 0 bridgehead atoms. The van der Waals surface area contributed by atoms with Gasteiger partial charge in [-0.3, -0.25) is 4.68 Å². The van der Waals surface area contributed by atoms with Gasteiger partial charge < -0.3 is 5.73 Å². The number of nitrogens with zero attached hydrogens (tertiary/aromatic N) is 2. The molecule has 0 spiro atoms. The summed E-state index contributed by atoms with van der Waals surface area (Å²) in [4.78, 5) is 0. The molecule has 18 heavy (non-hydrogen) atoms. The van der Waals surface area contributed by atoms with Crippen molar-refractivity contribution in [3.63, 3.8) is 0 Å². The lowest BCUT2D eigenvalue weighted by Gasteiger charge is -2.05. The molecule has 2 rings (SSSR count). The van der Waals surface area contributed by atoms with Crippen LogP contribution >= 0.6 is 15.9 Å². The van der Waals surface area contributed by atoms with Crippen molar-refractivity contribution < 1.29 is 0 Å². The van der Waals surface area contributed by atoms with Crippen LogP contribution in [0.1, 0.15) is 23.4 Å². The number of anilines is 1. The van der Waals surface area contributed by atoms with Crippen molar-refractivity contribution in [1.82, 2.24) is 9.78 Å². The molecule has 2 N–H and O–H groups in total. The van der Waals surface area contributed by atoms with Crippen LogP contribution in [0.4, 0.5) is 5.69 Å². The van der Waals surface area contributed by atoms with Gasteiger partial charge in [-0.1, -0.05) is 12.1 Å². The van der Waals surface area contributed by atoms with Crippen LogP contribution in [0.2, 0.25) is 0 Å². The fourth-order valence-electron chi connectivity index (χ4n) is 2.07. The molecule has 0 aliphatic rings. The molecule has 0 aliphatic heterocycles. The lowest BCUT2D eigenvalue weighted by Crippen LogP contribution is -2.04. The topological polar surface area (TPSA) is 43.8 Å². The highest BCUT2D eigenvalue weighted by Gasteiger charge is 2.07. The number of nitrogens with two attached hydrogens (primary N) is 1. The van der Waals surface area contributed by atoms with E-state index in [1.54, 1.807) is 0 Å². The van der Waals surface area contributed by atoms with E-state index >= 15 is 0 Å². The van der Waals surface area contributed by atoms with E-state index in [9.17, 15) is 0 Å². The number of aromatic nitrogens is 2. The van der Waals surface area contributed by atoms with E-state index in [0.717, 1.165) is 35.2 Å². The van der Waals surface area contributed by atoms with E-state index in [4.69, 9.17) is 5.73 Å². The lowest BCUT2D eigenvalue weighted by molar-refractivity contribution is 0.562. The maximum Gasteiger partial charge on any atom is 0.0738 e.